The molecule has 0 spiro atoms. The van der Waals surface area contributed by atoms with Gasteiger partial charge in [-0.3, -0.25) is 0 Å². The van der Waals surface area contributed by atoms with Gasteiger partial charge in [0.15, 0.2) is 0 Å². The molecule has 2 fully saturated rings. The van der Waals surface area contributed by atoms with E-state index in [4.69, 9.17) is 15.0 Å². The average molecular weight is 365 g/mol. The van der Waals surface area contributed by atoms with Crippen LogP contribution in [0.1, 0.15) is 11.4 Å². The number of nitrogens with zero attached hydrogens (tertiary/aromatic N) is 7. The monoisotopic (exact) mass is 365 g/mol. The lowest BCUT2D eigenvalue weighted by Crippen LogP contribution is -2.47. The number of ether oxygens (including phenoxy) is 1. The fourth-order valence-corrected chi connectivity index (χ4v) is 3.43. The summed E-state index contributed by atoms with van der Waals surface area (Å²) in [6, 6.07) is 9.71. The Bertz CT molecular complexity index is 836. The zero-order valence-electron chi connectivity index (χ0n) is 15.5. The molecule has 0 N–H and O–H groups in total. The molecule has 0 amide bonds. The van der Waals surface area contributed by atoms with Gasteiger partial charge >= 0.3 is 0 Å². The summed E-state index contributed by atoms with van der Waals surface area (Å²) in [5.41, 5.74) is 1.43. The van der Waals surface area contributed by atoms with Crippen LogP contribution in [0.5, 0.6) is 0 Å². The number of piperazine rings is 1. The van der Waals surface area contributed by atoms with E-state index in [0.717, 1.165) is 75.8 Å². The Labute approximate surface area is 159 Å². The highest BCUT2D eigenvalue weighted by atomic mass is 16.5. The first kappa shape index (κ1) is 17.5. The molecule has 140 valence electrons. The molecule has 2 aliphatic heterocycles. The molecule has 0 unspecified atom stereocenters. The Hall–Kier alpha value is -2.92. The van der Waals surface area contributed by atoms with Crippen molar-refractivity contribution in [1.82, 2.24) is 15.0 Å². The van der Waals surface area contributed by atoms with Crippen molar-refractivity contribution in [3.63, 3.8) is 0 Å². The largest absolute Gasteiger partial charge is 0.378 e. The lowest BCUT2D eigenvalue weighted by atomic mass is 10.3. The molecule has 0 aliphatic carbocycles. The molecule has 2 saturated heterocycles. The molecule has 4 rings (SSSR count). The van der Waals surface area contributed by atoms with Gasteiger partial charge in [0, 0.05) is 51.0 Å². The van der Waals surface area contributed by atoms with Crippen molar-refractivity contribution >= 4 is 17.6 Å². The second-order valence-corrected chi connectivity index (χ2v) is 6.73. The Kier molecular flexibility index (Phi) is 5.03. The van der Waals surface area contributed by atoms with Gasteiger partial charge in [0.2, 0.25) is 5.95 Å². The maximum absolute atomic E-state index is 9.04. The molecular weight excluding hydrogens is 342 g/mol. The molecule has 0 aromatic carbocycles. The van der Waals surface area contributed by atoms with Crippen molar-refractivity contribution < 1.29 is 4.74 Å². The first-order valence-corrected chi connectivity index (χ1v) is 9.28. The Morgan fingerprint density at radius 1 is 0.889 bits per heavy atom. The molecule has 8 heteroatoms. The van der Waals surface area contributed by atoms with Crippen LogP contribution >= 0.6 is 0 Å². The summed E-state index contributed by atoms with van der Waals surface area (Å²) in [6.45, 7) is 8.53. The predicted molar refractivity (Wildman–Crippen MR) is 103 cm³/mol. The maximum Gasteiger partial charge on any atom is 0.227 e. The number of pyridine rings is 1. The molecule has 8 nitrogen and oxygen atoms in total. The van der Waals surface area contributed by atoms with Gasteiger partial charge in [-0.05, 0) is 19.1 Å². The number of anilines is 3. The summed E-state index contributed by atoms with van der Waals surface area (Å²) in [5.74, 6) is 2.62. The van der Waals surface area contributed by atoms with Crippen LogP contribution in [0.2, 0.25) is 0 Å². The summed E-state index contributed by atoms with van der Waals surface area (Å²) < 4.78 is 5.44. The lowest BCUT2D eigenvalue weighted by Gasteiger charge is -2.36. The fourth-order valence-electron chi connectivity index (χ4n) is 3.43. The lowest BCUT2D eigenvalue weighted by molar-refractivity contribution is 0.122. The van der Waals surface area contributed by atoms with E-state index in [0.29, 0.717) is 5.69 Å². The van der Waals surface area contributed by atoms with Gasteiger partial charge < -0.3 is 19.4 Å². The van der Waals surface area contributed by atoms with E-state index in [1.54, 1.807) is 6.07 Å². The molecule has 2 aliphatic rings. The molecule has 0 radical (unpaired) electrons. The molecule has 2 aromatic heterocycles. The number of hydrogen-bond acceptors (Lipinski definition) is 8. The number of morpholine rings is 1. The van der Waals surface area contributed by atoms with Crippen LogP contribution in [0, 0.1) is 18.3 Å². The smallest absolute Gasteiger partial charge is 0.227 e. The average Bonchev–Trinajstić information content (AvgIpc) is 2.74. The van der Waals surface area contributed by atoms with Gasteiger partial charge in [0.05, 0.1) is 13.2 Å². The van der Waals surface area contributed by atoms with Crippen LogP contribution in [0.15, 0.2) is 24.3 Å². The van der Waals surface area contributed by atoms with E-state index in [2.05, 4.69) is 30.7 Å². The van der Waals surface area contributed by atoms with Gasteiger partial charge in [-0.1, -0.05) is 6.07 Å². The van der Waals surface area contributed by atoms with Crippen LogP contribution in [0.3, 0.4) is 0 Å². The first-order chi connectivity index (χ1) is 13.2. The molecular formula is C19H23N7O. The summed E-state index contributed by atoms with van der Waals surface area (Å²) in [4.78, 5) is 20.6. The number of aryl methyl sites for hydroxylation is 1. The van der Waals surface area contributed by atoms with E-state index >= 15 is 0 Å². The molecule has 0 bridgehead atoms. The highest BCUT2D eigenvalue weighted by molar-refractivity contribution is 5.48. The standard InChI is InChI=1S/C19H23N7O/c1-15-13-18(25-9-11-27-12-10-25)23-19(21-15)26-7-5-24(6-8-26)17-4-2-3-16(14-20)22-17/h2-4,13H,5-12H2,1H3. The first-order valence-electron chi connectivity index (χ1n) is 9.28. The van der Waals surface area contributed by atoms with Gasteiger partial charge in [0.1, 0.15) is 23.4 Å². The van der Waals surface area contributed by atoms with Crippen LogP contribution in [0.25, 0.3) is 0 Å². The van der Waals surface area contributed by atoms with Gasteiger partial charge in [-0.2, -0.15) is 10.2 Å². The molecule has 4 heterocycles. The third-order valence-electron chi connectivity index (χ3n) is 4.90. The van der Waals surface area contributed by atoms with Crippen molar-refractivity contribution in [3.05, 3.63) is 35.7 Å². The summed E-state index contributed by atoms with van der Waals surface area (Å²) in [7, 11) is 0. The Morgan fingerprint density at radius 3 is 2.33 bits per heavy atom. The van der Waals surface area contributed by atoms with Gasteiger partial charge in [-0.25, -0.2) is 9.97 Å². The van der Waals surface area contributed by atoms with Gasteiger partial charge in [0.25, 0.3) is 0 Å². The number of hydrogen-bond donors (Lipinski definition) is 0. The minimum Gasteiger partial charge on any atom is -0.378 e. The Morgan fingerprint density at radius 2 is 1.59 bits per heavy atom. The second kappa shape index (κ2) is 7.76. The van der Waals surface area contributed by atoms with E-state index in [-0.39, 0.29) is 0 Å². The number of rotatable bonds is 3. The van der Waals surface area contributed by atoms with Crippen molar-refractivity contribution in [2.45, 2.75) is 6.92 Å². The van der Waals surface area contributed by atoms with E-state index < -0.39 is 0 Å². The summed E-state index contributed by atoms with van der Waals surface area (Å²) in [6.07, 6.45) is 0. The fraction of sp³-hybridized carbons (Fsp3) is 0.474. The third-order valence-corrected chi connectivity index (χ3v) is 4.90. The Balaban J connectivity index is 1.46. The minimum atomic E-state index is 0.451. The third kappa shape index (κ3) is 3.93. The van der Waals surface area contributed by atoms with Crippen LogP contribution in [-0.2, 0) is 4.74 Å². The summed E-state index contributed by atoms with van der Waals surface area (Å²) in [5, 5.41) is 9.04. The normalized spacial score (nSPS) is 17.7. The topological polar surface area (TPSA) is 81.4 Å². The second-order valence-electron chi connectivity index (χ2n) is 6.73. The van der Waals surface area contributed by atoms with E-state index in [1.807, 2.05) is 25.1 Å². The number of nitriles is 1. The van der Waals surface area contributed by atoms with Crippen LogP contribution in [-0.4, -0.2) is 67.4 Å². The predicted octanol–water partition coefficient (Wildman–Crippen LogP) is 1.21. The van der Waals surface area contributed by atoms with Crippen molar-refractivity contribution in [1.29, 1.82) is 5.26 Å². The molecule has 2 aromatic rings. The summed E-state index contributed by atoms with van der Waals surface area (Å²) >= 11 is 0. The van der Waals surface area contributed by atoms with Crippen molar-refractivity contribution in [2.24, 2.45) is 0 Å². The van der Waals surface area contributed by atoms with Gasteiger partial charge in [-0.15, -0.1) is 0 Å². The van der Waals surface area contributed by atoms with E-state index in [1.165, 1.54) is 0 Å². The van der Waals surface area contributed by atoms with Crippen molar-refractivity contribution in [2.75, 3.05) is 67.2 Å². The van der Waals surface area contributed by atoms with Crippen molar-refractivity contribution in [3.8, 4) is 6.07 Å². The molecule has 27 heavy (non-hydrogen) atoms. The minimum absolute atomic E-state index is 0.451. The highest BCUT2D eigenvalue weighted by Crippen LogP contribution is 2.21. The molecule has 0 atom stereocenters. The van der Waals surface area contributed by atoms with E-state index in [9.17, 15) is 0 Å². The van der Waals surface area contributed by atoms with Crippen LogP contribution in [0.4, 0.5) is 17.6 Å². The number of aromatic nitrogens is 3. The quantitative estimate of drug-likeness (QED) is 0.803. The zero-order valence-corrected chi connectivity index (χ0v) is 15.5. The van der Waals surface area contributed by atoms with Crippen LogP contribution < -0.4 is 14.7 Å². The maximum atomic E-state index is 9.04. The highest BCUT2D eigenvalue weighted by Gasteiger charge is 2.22. The SMILES string of the molecule is Cc1cc(N2CCOCC2)nc(N2CCN(c3cccc(C#N)n3)CC2)n1. The molecule has 0 saturated carbocycles. The zero-order chi connectivity index (χ0) is 18.6.